The van der Waals surface area contributed by atoms with Gasteiger partial charge in [-0.05, 0) is 35.7 Å². The molecule has 0 saturated carbocycles. The van der Waals surface area contributed by atoms with Gasteiger partial charge in [-0.2, -0.15) is 0 Å². The minimum absolute atomic E-state index is 0.104. The maximum absolute atomic E-state index is 13.5. The molecule has 1 aliphatic heterocycles. The molecule has 1 N–H and O–H groups in total. The third-order valence-corrected chi connectivity index (χ3v) is 5.82. The number of amides is 2. The Bertz CT molecular complexity index is 968. The smallest absolute Gasteiger partial charge is 0.254 e. The number of benzene rings is 2. The topological polar surface area (TPSA) is 86.3 Å². The highest BCUT2D eigenvalue weighted by molar-refractivity contribution is 6.01. The predicted molar refractivity (Wildman–Crippen MR) is 124 cm³/mol. The van der Waals surface area contributed by atoms with Crippen LogP contribution in [-0.4, -0.2) is 64.8 Å². The van der Waals surface area contributed by atoms with E-state index in [-0.39, 0.29) is 11.8 Å². The molecular weight excluding hydrogens is 424 g/mol. The first-order chi connectivity index (χ1) is 16.0. The number of rotatable bonds is 10. The highest BCUT2D eigenvalue weighted by Crippen LogP contribution is 2.47. The number of nitrogens with one attached hydrogen (secondary N) is 1. The molecule has 0 aromatic heterocycles. The number of hydrogen-bond donors (Lipinski definition) is 1. The average molecular weight is 457 g/mol. The average Bonchev–Trinajstić information content (AvgIpc) is 2.84. The van der Waals surface area contributed by atoms with E-state index < -0.39 is 12.0 Å². The van der Waals surface area contributed by atoms with Crippen LogP contribution in [0.2, 0.25) is 0 Å². The lowest BCUT2D eigenvalue weighted by Gasteiger charge is -2.42. The first kappa shape index (κ1) is 24.4. The van der Waals surface area contributed by atoms with Gasteiger partial charge < -0.3 is 29.2 Å². The zero-order valence-corrected chi connectivity index (χ0v) is 19.8. The Hall–Kier alpha value is -3.26. The van der Waals surface area contributed by atoms with Gasteiger partial charge in [-0.15, -0.1) is 0 Å². The minimum Gasteiger partial charge on any atom is -0.493 e. The fourth-order valence-corrected chi connectivity index (χ4v) is 4.39. The number of hydrogen-bond acceptors (Lipinski definition) is 6. The minimum atomic E-state index is -0.620. The maximum Gasteiger partial charge on any atom is 0.254 e. The Morgan fingerprint density at radius 2 is 1.70 bits per heavy atom. The first-order valence-corrected chi connectivity index (χ1v) is 11.0. The first-order valence-electron chi connectivity index (χ1n) is 11.0. The van der Waals surface area contributed by atoms with Crippen LogP contribution in [0.15, 0.2) is 36.4 Å². The van der Waals surface area contributed by atoms with Crippen molar-refractivity contribution in [1.29, 1.82) is 0 Å². The van der Waals surface area contributed by atoms with Crippen molar-refractivity contribution in [3.8, 4) is 17.2 Å². The zero-order valence-electron chi connectivity index (χ0n) is 19.8. The molecule has 8 heteroatoms. The fraction of sp³-hybridized carbons (Fsp3) is 0.440. The standard InChI is InChI=1S/C25H32N2O6/c1-6-12-27-22(16-14-19(31-3)23(33-5)20(15-16)32-4)21(24(28)26-11-13-30-2)17-9-7-8-10-18(17)25(27)29/h7-10,14-15,21-22H,6,11-13H2,1-5H3,(H,26,28). The quantitative estimate of drug-likeness (QED) is 0.553. The van der Waals surface area contributed by atoms with Crippen molar-refractivity contribution in [3.05, 3.63) is 53.1 Å². The molecule has 0 saturated heterocycles. The second kappa shape index (κ2) is 11.0. The van der Waals surface area contributed by atoms with Gasteiger partial charge in [0.2, 0.25) is 11.7 Å². The van der Waals surface area contributed by atoms with Gasteiger partial charge in [0.1, 0.15) is 0 Å². The molecule has 2 aromatic rings. The van der Waals surface area contributed by atoms with E-state index >= 15 is 0 Å². The molecule has 0 fully saturated rings. The molecule has 0 bridgehead atoms. The zero-order chi connectivity index (χ0) is 24.0. The van der Waals surface area contributed by atoms with Gasteiger partial charge >= 0.3 is 0 Å². The molecule has 2 aromatic carbocycles. The highest BCUT2D eigenvalue weighted by Gasteiger charge is 2.44. The van der Waals surface area contributed by atoms with Crippen LogP contribution >= 0.6 is 0 Å². The molecular formula is C25H32N2O6. The van der Waals surface area contributed by atoms with Crippen LogP contribution in [0.1, 0.15) is 46.8 Å². The van der Waals surface area contributed by atoms with Crippen molar-refractivity contribution >= 4 is 11.8 Å². The molecule has 2 unspecified atom stereocenters. The van der Waals surface area contributed by atoms with E-state index in [4.69, 9.17) is 18.9 Å². The molecule has 33 heavy (non-hydrogen) atoms. The molecule has 3 rings (SSSR count). The molecule has 0 aliphatic carbocycles. The van der Waals surface area contributed by atoms with Crippen molar-refractivity contribution in [2.75, 3.05) is 48.1 Å². The van der Waals surface area contributed by atoms with Gasteiger partial charge in [0, 0.05) is 25.8 Å². The summed E-state index contributed by atoms with van der Waals surface area (Å²) in [5, 5.41) is 2.96. The van der Waals surface area contributed by atoms with E-state index in [1.54, 1.807) is 32.3 Å². The lowest BCUT2D eigenvalue weighted by molar-refractivity contribution is -0.124. The van der Waals surface area contributed by atoms with Crippen LogP contribution in [0.3, 0.4) is 0 Å². The second-order valence-electron chi connectivity index (χ2n) is 7.75. The summed E-state index contributed by atoms with van der Waals surface area (Å²) < 4.78 is 21.7. The van der Waals surface area contributed by atoms with Crippen LogP contribution in [0.25, 0.3) is 0 Å². The predicted octanol–water partition coefficient (Wildman–Crippen LogP) is 3.17. The summed E-state index contributed by atoms with van der Waals surface area (Å²) in [7, 11) is 6.21. The van der Waals surface area contributed by atoms with Crippen molar-refractivity contribution < 1.29 is 28.5 Å². The second-order valence-corrected chi connectivity index (χ2v) is 7.75. The summed E-state index contributed by atoms with van der Waals surface area (Å²) >= 11 is 0. The van der Waals surface area contributed by atoms with Crippen molar-refractivity contribution in [2.45, 2.75) is 25.3 Å². The number of nitrogens with zero attached hydrogens (tertiary/aromatic N) is 1. The van der Waals surface area contributed by atoms with E-state index in [1.807, 2.05) is 37.3 Å². The Kier molecular flexibility index (Phi) is 8.16. The molecule has 2 atom stereocenters. The number of carbonyl (C=O) groups is 2. The molecule has 1 aliphatic rings. The Labute approximate surface area is 194 Å². The van der Waals surface area contributed by atoms with Gasteiger partial charge in [-0.3, -0.25) is 9.59 Å². The Morgan fingerprint density at radius 1 is 1.03 bits per heavy atom. The summed E-state index contributed by atoms with van der Waals surface area (Å²) in [6, 6.07) is 10.4. The molecule has 0 spiro atoms. The SMILES string of the molecule is CCCN1C(=O)c2ccccc2C(C(=O)NCCOC)C1c1cc(OC)c(OC)c(OC)c1. The molecule has 0 radical (unpaired) electrons. The van der Waals surface area contributed by atoms with Gasteiger partial charge in [-0.25, -0.2) is 0 Å². The number of ether oxygens (including phenoxy) is 4. The van der Waals surface area contributed by atoms with Gasteiger partial charge in [0.25, 0.3) is 5.91 Å². The largest absolute Gasteiger partial charge is 0.493 e. The van der Waals surface area contributed by atoms with Gasteiger partial charge in [0.15, 0.2) is 11.5 Å². The third kappa shape index (κ3) is 4.75. The molecule has 8 nitrogen and oxygen atoms in total. The summed E-state index contributed by atoms with van der Waals surface area (Å²) in [4.78, 5) is 28.8. The Morgan fingerprint density at radius 3 is 2.27 bits per heavy atom. The highest BCUT2D eigenvalue weighted by atomic mass is 16.5. The van der Waals surface area contributed by atoms with Gasteiger partial charge in [0.05, 0.1) is 39.9 Å². The number of methoxy groups -OCH3 is 4. The number of carbonyl (C=O) groups excluding carboxylic acids is 2. The van der Waals surface area contributed by atoms with E-state index in [0.29, 0.717) is 48.1 Å². The lowest BCUT2D eigenvalue weighted by Crippen LogP contribution is -2.48. The van der Waals surface area contributed by atoms with Crippen LogP contribution in [0.4, 0.5) is 0 Å². The summed E-state index contributed by atoms with van der Waals surface area (Å²) in [5.41, 5.74) is 1.97. The summed E-state index contributed by atoms with van der Waals surface area (Å²) in [5.74, 6) is 0.486. The van der Waals surface area contributed by atoms with Crippen LogP contribution in [0.5, 0.6) is 17.2 Å². The van der Waals surface area contributed by atoms with E-state index in [0.717, 1.165) is 12.0 Å². The van der Waals surface area contributed by atoms with E-state index in [1.165, 1.54) is 7.11 Å². The molecule has 2 amide bonds. The van der Waals surface area contributed by atoms with Gasteiger partial charge in [-0.1, -0.05) is 25.1 Å². The van der Waals surface area contributed by atoms with Crippen LogP contribution in [-0.2, 0) is 9.53 Å². The maximum atomic E-state index is 13.5. The van der Waals surface area contributed by atoms with Crippen LogP contribution in [0, 0.1) is 0 Å². The summed E-state index contributed by atoms with van der Waals surface area (Å²) in [6.07, 6.45) is 0.743. The fourth-order valence-electron chi connectivity index (χ4n) is 4.39. The van der Waals surface area contributed by atoms with E-state index in [2.05, 4.69) is 5.32 Å². The molecule has 1 heterocycles. The monoisotopic (exact) mass is 456 g/mol. The van der Waals surface area contributed by atoms with Crippen molar-refractivity contribution in [1.82, 2.24) is 10.2 Å². The van der Waals surface area contributed by atoms with Crippen molar-refractivity contribution in [2.24, 2.45) is 0 Å². The lowest BCUT2D eigenvalue weighted by atomic mass is 9.79. The summed E-state index contributed by atoms with van der Waals surface area (Å²) in [6.45, 7) is 3.27. The number of fused-ring (bicyclic) bond motifs is 1. The Balaban J connectivity index is 2.21. The normalized spacial score (nSPS) is 17.4. The van der Waals surface area contributed by atoms with Crippen LogP contribution < -0.4 is 19.5 Å². The van der Waals surface area contributed by atoms with E-state index in [9.17, 15) is 9.59 Å². The molecule has 178 valence electrons. The third-order valence-electron chi connectivity index (χ3n) is 5.82. The van der Waals surface area contributed by atoms with Crippen molar-refractivity contribution in [3.63, 3.8) is 0 Å².